The van der Waals surface area contributed by atoms with Crippen LogP contribution < -0.4 is 0 Å². The van der Waals surface area contributed by atoms with E-state index < -0.39 is 0 Å². The van der Waals surface area contributed by atoms with Gasteiger partial charge < -0.3 is 4.74 Å². The molecule has 1 rings (SSSR count). The minimum atomic E-state index is 0.553. The van der Waals surface area contributed by atoms with Crippen molar-refractivity contribution in [2.75, 3.05) is 11.9 Å². The number of halogens is 1. The highest BCUT2D eigenvalue weighted by Gasteiger charge is 2.21. The van der Waals surface area contributed by atoms with E-state index in [-0.39, 0.29) is 0 Å². The predicted octanol–water partition coefficient (Wildman–Crippen LogP) is 4.39. The third-order valence-corrected chi connectivity index (χ3v) is 4.59. The third kappa shape index (κ3) is 4.86. The summed E-state index contributed by atoms with van der Waals surface area (Å²) in [7, 11) is 0. The first-order valence-electron chi connectivity index (χ1n) is 6.47. The molecular weight excluding hydrogens is 252 g/mol. The molecule has 3 atom stereocenters. The first kappa shape index (κ1) is 13.5. The van der Waals surface area contributed by atoms with Crippen molar-refractivity contribution >= 4 is 15.9 Å². The van der Waals surface area contributed by atoms with Crippen LogP contribution in [-0.2, 0) is 4.74 Å². The number of hydrogen-bond acceptors (Lipinski definition) is 1. The largest absolute Gasteiger partial charge is 0.378 e. The van der Waals surface area contributed by atoms with Crippen molar-refractivity contribution in [1.29, 1.82) is 0 Å². The molecule has 90 valence electrons. The molecule has 3 unspecified atom stereocenters. The Hall–Kier alpha value is 0.440. The molecule has 0 aliphatic heterocycles. The first-order chi connectivity index (χ1) is 7.30. The SMILES string of the molecule is CCC(CBr)COC1CCCC(CC)C1. The van der Waals surface area contributed by atoms with Crippen LogP contribution in [0.25, 0.3) is 0 Å². The summed E-state index contributed by atoms with van der Waals surface area (Å²) in [5.41, 5.74) is 0. The maximum Gasteiger partial charge on any atom is 0.0578 e. The third-order valence-electron chi connectivity index (χ3n) is 3.68. The molecule has 0 aromatic rings. The fourth-order valence-corrected chi connectivity index (χ4v) is 2.95. The zero-order chi connectivity index (χ0) is 11.1. The molecule has 2 heteroatoms. The summed E-state index contributed by atoms with van der Waals surface area (Å²) >= 11 is 3.55. The molecule has 1 saturated carbocycles. The molecular formula is C13H25BrO. The maximum atomic E-state index is 6.03. The summed E-state index contributed by atoms with van der Waals surface area (Å²) < 4.78 is 6.03. The van der Waals surface area contributed by atoms with Crippen LogP contribution >= 0.6 is 15.9 Å². The standard InChI is InChI=1S/C13H25BrO/c1-3-11-6-5-7-13(8-11)15-10-12(4-2)9-14/h11-13H,3-10H2,1-2H3. The van der Waals surface area contributed by atoms with Crippen molar-refractivity contribution in [1.82, 2.24) is 0 Å². The highest BCUT2D eigenvalue weighted by molar-refractivity contribution is 9.09. The van der Waals surface area contributed by atoms with E-state index in [1.165, 1.54) is 38.5 Å². The molecule has 1 aliphatic rings. The fraction of sp³-hybridized carbons (Fsp3) is 1.00. The molecule has 0 spiro atoms. The lowest BCUT2D eigenvalue weighted by molar-refractivity contribution is -0.00265. The number of hydrogen-bond donors (Lipinski definition) is 0. The van der Waals surface area contributed by atoms with Crippen molar-refractivity contribution in [3.05, 3.63) is 0 Å². The minimum absolute atomic E-state index is 0.553. The Morgan fingerprint density at radius 1 is 1.33 bits per heavy atom. The monoisotopic (exact) mass is 276 g/mol. The summed E-state index contributed by atoms with van der Waals surface area (Å²) in [6, 6.07) is 0. The minimum Gasteiger partial charge on any atom is -0.378 e. The molecule has 0 amide bonds. The topological polar surface area (TPSA) is 9.23 Å². The second-order valence-corrected chi connectivity index (χ2v) is 5.47. The van der Waals surface area contributed by atoms with E-state index in [1.54, 1.807) is 0 Å². The highest BCUT2D eigenvalue weighted by atomic mass is 79.9. The van der Waals surface area contributed by atoms with Crippen molar-refractivity contribution < 1.29 is 4.74 Å². The van der Waals surface area contributed by atoms with Gasteiger partial charge in [0.15, 0.2) is 0 Å². The highest BCUT2D eigenvalue weighted by Crippen LogP contribution is 2.28. The summed E-state index contributed by atoms with van der Waals surface area (Å²) in [4.78, 5) is 0. The van der Waals surface area contributed by atoms with E-state index >= 15 is 0 Å². The molecule has 0 aromatic carbocycles. The van der Waals surface area contributed by atoms with Gasteiger partial charge in [-0.15, -0.1) is 0 Å². The van der Waals surface area contributed by atoms with Crippen LogP contribution in [0.2, 0.25) is 0 Å². The average molecular weight is 277 g/mol. The van der Waals surface area contributed by atoms with Crippen LogP contribution in [0.1, 0.15) is 52.4 Å². The Bertz CT molecular complexity index is 157. The van der Waals surface area contributed by atoms with Gasteiger partial charge in [-0.1, -0.05) is 55.5 Å². The van der Waals surface area contributed by atoms with Crippen LogP contribution in [0.3, 0.4) is 0 Å². The maximum absolute atomic E-state index is 6.03. The van der Waals surface area contributed by atoms with Gasteiger partial charge in [-0.3, -0.25) is 0 Å². The fourth-order valence-electron chi connectivity index (χ4n) is 2.31. The van der Waals surface area contributed by atoms with Crippen molar-refractivity contribution in [2.45, 2.75) is 58.5 Å². The summed E-state index contributed by atoms with van der Waals surface area (Å²) in [6.07, 6.45) is 8.48. The normalized spacial score (nSPS) is 29.0. The lowest BCUT2D eigenvalue weighted by atomic mass is 9.85. The van der Waals surface area contributed by atoms with E-state index in [2.05, 4.69) is 29.8 Å². The van der Waals surface area contributed by atoms with Gasteiger partial charge in [-0.25, -0.2) is 0 Å². The van der Waals surface area contributed by atoms with Crippen molar-refractivity contribution in [3.8, 4) is 0 Å². The van der Waals surface area contributed by atoms with Gasteiger partial charge in [0.05, 0.1) is 12.7 Å². The van der Waals surface area contributed by atoms with Crippen LogP contribution in [0.15, 0.2) is 0 Å². The molecule has 0 bridgehead atoms. The second kappa shape index (κ2) is 7.67. The second-order valence-electron chi connectivity index (χ2n) is 4.82. The van der Waals surface area contributed by atoms with Crippen molar-refractivity contribution in [3.63, 3.8) is 0 Å². The summed E-state index contributed by atoms with van der Waals surface area (Å²) in [6.45, 7) is 5.49. The molecule has 0 saturated heterocycles. The molecule has 1 aliphatic carbocycles. The van der Waals surface area contributed by atoms with Gasteiger partial charge in [0.25, 0.3) is 0 Å². The van der Waals surface area contributed by atoms with Gasteiger partial charge in [0.1, 0.15) is 0 Å². The Kier molecular flexibility index (Phi) is 6.91. The van der Waals surface area contributed by atoms with Gasteiger partial charge >= 0.3 is 0 Å². The Labute approximate surface area is 103 Å². The van der Waals surface area contributed by atoms with Crippen LogP contribution in [0.4, 0.5) is 0 Å². The number of rotatable bonds is 6. The Morgan fingerprint density at radius 3 is 2.73 bits per heavy atom. The quantitative estimate of drug-likeness (QED) is 0.654. The van der Waals surface area contributed by atoms with Gasteiger partial charge in [0.2, 0.25) is 0 Å². The molecule has 1 fully saturated rings. The molecule has 0 heterocycles. The van der Waals surface area contributed by atoms with Gasteiger partial charge in [0, 0.05) is 5.33 Å². The van der Waals surface area contributed by atoms with Gasteiger partial charge in [-0.05, 0) is 24.7 Å². The Balaban J connectivity index is 2.20. The molecule has 0 aromatic heterocycles. The number of ether oxygens (including phenoxy) is 1. The first-order valence-corrected chi connectivity index (χ1v) is 7.59. The molecule has 0 radical (unpaired) electrons. The van der Waals surface area contributed by atoms with Crippen LogP contribution in [0, 0.1) is 11.8 Å². The van der Waals surface area contributed by atoms with E-state index in [1.807, 2.05) is 0 Å². The predicted molar refractivity (Wildman–Crippen MR) is 69.6 cm³/mol. The van der Waals surface area contributed by atoms with Crippen LogP contribution in [-0.4, -0.2) is 18.0 Å². The summed E-state index contributed by atoms with van der Waals surface area (Å²) in [5.74, 6) is 1.62. The Morgan fingerprint density at radius 2 is 2.13 bits per heavy atom. The molecule has 15 heavy (non-hydrogen) atoms. The lowest BCUT2D eigenvalue weighted by Crippen LogP contribution is -2.25. The van der Waals surface area contributed by atoms with Gasteiger partial charge in [-0.2, -0.15) is 0 Å². The smallest absolute Gasteiger partial charge is 0.0578 e. The lowest BCUT2D eigenvalue weighted by Gasteiger charge is -2.29. The van der Waals surface area contributed by atoms with E-state index in [4.69, 9.17) is 4.74 Å². The molecule has 0 N–H and O–H groups in total. The van der Waals surface area contributed by atoms with E-state index in [0.29, 0.717) is 12.0 Å². The van der Waals surface area contributed by atoms with Crippen molar-refractivity contribution in [2.24, 2.45) is 11.8 Å². The zero-order valence-corrected chi connectivity index (χ0v) is 11.8. The number of alkyl halides is 1. The van der Waals surface area contributed by atoms with E-state index in [9.17, 15) is 0 Å². The van der Waals surface area contributed by atoms with Crippen LogP contribution in [0.5, 0.6) is 0 Å². The average Bonchev–Trinajstić information content (AvgIpc) is 2.31. The summed E-state index contributed by atoms with van der Waals surface area (Å²) in [5, 5.41) is 1.08. The molecule has 1 nitrogen and oxygen atoms in total. The zero-order valence-electron chi connectivity index (χ0n) is 10.2. The van der Waals surface area contributed by atoms with E-state index in [0.717, 1.165) is 17.9 Å².